The van der Waals surface area contributed by atoms with Crippen molar-refractivity contribution in [3.05, 3.63) is 35.4 Å². The van der Waals surface area contributed by atoms with Crippen molar-refractivity contribution in [2.45, 2.75) is 56.9 Å². The SMILES string of the molecule is CC(C)c1ccc(CN(C(=O)C[C@@H]2SC(=O)NC2=O)C2CC2)cc1. The second-order valence-corrected chi connectivity index (χ2v) is 7.91. The molecule has 0 aromatic heterocycles. The maximum atomic E-state index is 12.6. The molecule has 1 aromatic carbocycles. The molecule has 3 rings (SSSR count). The number of nitrogens with zero attached hydrogens (tertiary/aromatic N) is 1. The zero-order chi connectivity index (χ0) is 17.3. The predicted octanol–water partition coefficient (Wildman–Crippen LogP) is 3.04. The topological polar surface area (TPSA) is 66.5 Å². The van der Waals surface area contributed by atoms with Gasteiger partial charge in [0.1, 0.15) is 5.25 Å². The molecule has 128 valence electrons. The molecule has 0 bridgehead atoms. The van der Waals surface area contributed by atoms with Gasteiger partial charge < -0.3 is 4.90 Å². The molecule has 1 saturated heterocycles. The van der Waals surface area contributed by atoms with E-state index in [9.17, 15) is 14.4 Å². The molecular formula is C18H22N2O3S. The number of hydrogen-bond acceptors (Lipinski definition) is 4. The summed E-state index contributed by atoms with van der Waals surface area (Å²) in [7, 11) is 0. The van der Waals surface area contributed by atoms with Crippen molar-refractivity contribution in [3.63, 3.8) is 0 Å². The molecule has 0 spiro atoms. The van der Waals surface area contributed by atoms with Gasteiger partial charge in [0, 0.05) is 19.0 Å². The van der Waals surface area contributed by atoms with E-state index in [0.29, 0.717) is 12.5 Å². The largest absolute Gasteiger partial charge is 0.335 e. The first kappa shape index (κ1) is 17.0. The summed E-state index contributed by atoms with van der Waals surface area (Å²) in [6.45, 7) is 4.87. The monoisotopic (exact) mass is 346 g/mol. The summed E-state index contributed by atoms with van der Waals surface area (Å²) in [6.07, 6.45) is 2.11. The van der Waals surface area contributed by atoms with E-state index in [1.54, 1.807) is 0 Å². The van der Waals surface area contributed by atoms with Crippen molar-refractivity contribution in [2.24, 2.45) is 0 Å². The van der Waals surface area contributed by atoms with Gasteiger partial charge in [-0.2, -0.15) is 0 Å². The fourth-order valence-electron chi connectivity index (χ4n) is 2.82. The summed E-state index contributed by atoms with van der Waals surface area (Å²) >= 11 is 0.916. The Morgan fingerprint density at radius 3 is 2.42 bits per heavy atom. The Hall–Kier alpha value is -1.82. The number of imide groups is 1. The van der Waals surface area contributed by atoms with E-state index >= 15 is 0 Å². The molecule has 2 fully saturated rings. The van der Waals surface area contributed by atoms with Crippen LogP contribution in [0.3, 0.4) is 0 Å². The molecule has 2 aliphatic rings. The molecule has 3 amide bonds. The Balaban J connectivity index is 1.65. The second-order valence-electron chi connectivity index (χ2n) is 6.74. The highest BCUT2D eigenvalue weighted by Crippen LogP contribution is 2.31. The van der Waals surface area contributed by atoms with Crippen LogP contribution in [0.15, 0.2) is 24.3 Å². The number of benzene rings is 1. The summed E-state index contributed by atoms with van der Waals surface area (Å²) < 4.78 is 0. The lowest BCUT2D eigenvalue weighted by Gasteiger charge is -2.23. The van der Waals surface area contributed by atoms with Crippen LogP contribution in [0.1, 0.15) is 50.2 Å². The summed E-state index contributed by atoms with van der Waals surface area (Å²) in [4.78, 5) is 37.4. The van der Waals surface area contributed by atoms with Crippen LogP contribution in [-0.2, 0) is 16.1 Å². The standard InChI is InChI=1S/C18H22N2O3S/c1-11(2)13-5-3-12(4-6-13)10-20(14-7-8-14)16(21)9-15-17(22)19-18(23)24-15/h3-6,11,14-15H,7-10H2,1-2H3,(H,19,22,23)/t15-/m0/s1. The molecule has 1 aromatic rings. The van der Waals surface area contributed by atoms with Crippen LogP contribution >= 0.6 is 11.8 Å². The van der Waals surface area contributed by atoms with Gasteiger partial charge in [-0.05, 0) is 29.9 Å². The molecule has 1 heterocycles. The number of rotatable bonds is 6. The van der Waals surface area contributed by atoms with Gasteiger partial charge in [-0.1, -0.05) is 49.9 Å². The third-order valence-electron chi connectivity index (χ3n) is 4.43. The van der Waals surface area contributed by atoms with E-state index in [1.807, 2.05) is 4.90 Å². The van der Waals surface area contributed by atoms with Crippen LogP contribution < -0.4 is 5.32 Å². The fraction of sp³-hybridized carbons (Fsp3) is 0.500. The van der Waals surface area contributed by atoms with Gasteiger partial charge in [0.15, 0.2) is 0 Å². The van der Waals surface area contributed by atoms with Crippen LogP contribution in [0.4, 0.5) is 4.79 Å². The van der Waals surface area contributed by atoms with Gasteiger partial charge >= 0.3 is 0 Å². The normalized spacial score (nSPS) is 20.4. The highest BCUT2D eigenvalue weighted by atomic mass is 32.2. The van der Waals surface area contributed by atoms with Gasteiger partial charge in [0.2, 0.25) is 11.8 Å². The number of amides is 3. The first-order valence-corrected chi connectivity index (χ1v) is 9.22. The van der Waals surface area contributed by atoms with Gasteiger partial charge in [0.05, 0.1) is 0 Å². The minimum Gasteiger partial charge on any atom is -0.335 e. The minimum atomic E-state index is -0.588. The number of nitrogens with one attached hydrogen (secondary N) is 1. The van der Waals surface area contributed by atoms with Crippen molar-refractivity contribution in [2.75, 3.05) is 0 Å². The summed E-state index contributed by atoms with van der Waals surface area (Å²) in [5, 5.41) is 1.29. The molecule has 0 unspecified atom stereocenters. The molecular weight excluding hydrogens is 324 g/mol. The maximum absolute atomic E-state index is 12.6. The van der Waals surface area contributed by atoms with E-state index in [4.69, 9.17) is 0 Å². The zero-order valence-electron chi connectivity index (χ0n) is 14.0. The minimum absolute atomic E-state index is 0.0483. The van der Waals surface area contributed by atoms with Gasteiger partial charge in [-0.3, -0.25) is 19.7 Å². The Morgan fingerprint density at radius 2 is 1.92 bits per heavy atom. The van der Waals surface area contributed by atoms with Crippen LogP contribution in [0.5, 0.6) is 0 Å². The molecule has 1 N–H and O–H groups in total. The van der Waals surface area contributed by atoms with E-state index in [-0.39, 0.29) is 29.5 Å². The summed E-state index contributed by atoms with van der Waals surface area (Å²) in [5.41, 5.74) is 2.37. The van der Waals surface area contributed by atoms with E-state index in [0.717, 1.165) is 30.2 Å². The average molecular weight is 346 g/mol. The van der Waals surface area contributed by atoms with Crippen LogP contribution in [0.2, 0.25) is 0 Å². The zero-order valence-corrected chi connectivity index (χ0v) is 14.8. The number of carbonyl (C=O) groups is 3. The van der Waals surface area contributed by atoms with Crippen molar-refractivity contribution in [1.29, 1.82) is 0 Å². The average Bonchev–Trinajstić information content (AvgIpc) is 3.31. The molecule has 5 nitrogen and oxygen atoms in total. The van der Waals surface area contributed by atoms with Gasteiger partial charge in [-0.25, -0.2) is 0 Å². The van der Waals surface area contributed by atoms with Crippen molar-refractivity contribution >= 4 is 28.8 Å². The first-order chi connectivity index (χ1) is 11.4. The Labute approximate surface area is 146 Å². The Bertz CT molecular complexity index is 653. The maximum Gasteiger partial charge on any atom is 0.286 e. The molecule has 24 heavy (non-hydrogen) atoms. The molecule has 1 atom stereocenters. The fourth-order valence-corrected chi connectivity index (χ4v) is 3.63. The molecule has 0 radical (unpaired) electrons. The predicted molar refractivity (Wildman–Crippen MR) is 93.6 cm³/mol. The number of hydrogen-bond donors (Lipinski definition) is 1. The summed E-state index contributed by atoms with van der Waals surface area (Å²) in [6, 6.07) is 8.62. The molecule has 1 aliphatic heterocycles. The Kier molecular flexibility index (Phi) is 4.94. The third-order valence-corrected chi connectivity index (χ3v) is 5.42. The van der Waals surface area contributed by atoms with Crippen molar-refractivity contribution in [3.8, 4) is 0 Å². The lowest BCUT2D eigenvalue weighted by atomic mass is 10.0. The molecule has 6 heteroatoms. The Morgan fingerprint density at radius 1 is 1.25 bits per heavy atom. The van der Waals surface area contributed by atoms with E-state index in [1.165, 1.54) is 5.56 Å². The van der Waals surface area contributed by atoms with Crippen molar-refractivity contribution < 1.29 is 14.4 Å². The highest BCUT2D eigenvalue weighted by molar-refractivity contribution is 8.15. The first-order valence-electron chi connectivity index (χ1n) is 8.34. The van der Waals surface area contributed by atoms with Crippen LogP contribution in [-0.4, -0.2) is 33.2 Å². The molecule has 1 saturated carbocycles. The van der Waals surface area contributed by atoms with E-state index in [2.05, 4.69) is 43.4 Å². The number of thioether (sulfide) groups is 1. The van der Waals surface area contributed by atoms with E-state index < -0.39 is 5.25 Å². The summed E-state index contributed by atoms with van der Waals surface area (Å²) in [5.74, 6) is 0.0822. The highest BCUT2D eigenvalue weighted by Gasteiger charge is 2.38. The quantitative estimate of drug-likeness (QED) is 0.860. The lowest BCUT2D eigenvalue weighted by molar-refractivity contribution is -0.134. The van der Waals surface area contributed by atoms with Gasteiger partial charge in [0.25, 0.3) is 5.24 Å². The lowest BCUT2D eigenvalue weighted by Crippen LogP contribution is -2.36. The van der Waals surface area contributed by atoms with Crippen LogP contribution in [0, 0.1) is 0 Å². The van der Waals surface area contributed by atoms with Gasteiger partial charge in [-0.15, -0.1) is 0 Å². The number of carbonyl (C=O) groups excluding carboxylic acids is 3. The third kappa shape index (κ3) is 3.98. The van der Waals surface area contributed by atoms with Crippen molar-refractivity contribution in [1.82, 2.24) is 10.2 Å². The van der Waals surface area contributed by atoms with Crippen LogP contribution in [0.25, 0.3) is 0 Å². The molecule has 1 aliphatic carbocycles. The second kappa shape index (κ2) is 6.97. The smallest absolute Gasteiger partial charge is 0.286 e.